The summed E-state index contributed by atoms with van der Waals surface area (Å²) in [4.78, 5) is 35.7. The van der Waals surface area contributed by atoms with Gasteiger partial charge in [0.1, 0.15) is 5.82 Å². The van der Waals surface area contributed by atoms with Gasteiger partial charge in [-0.3, -0.25) is 19.6 Å². The second-order valence-corrected chi connectivity index (χ2v) is 8.42. The molecule has 3 amide bonds. The zero-order valence-electron chi connectivity index (χ0n) is 19.4. The van der Waals surface area contributed by atoms with Crippen molar-refractivity contribution >= 4 is 35.4 Å². The number of amides is 3. The quantitative estimate of drug-likeness (QED) is 0.122. The van der Waals surface area contributed by atoms with E-state index >= 15 is 0 Å². The Morgan fingerprint density at radius 2 is 1.69 bits per heavy atom. The number of hydrogen-bond donors (Lipinski definition) is 4. The summed E-state index contributed by atoms with van der Waals surface area (Å²) in [6.45, 7) is 0.495. The summed E-state index contributed by atoms with van der Waals surface area (Å²) in [6, 6.07) is 13.6. The Hall–Kier alpha value is -3.78. The van der Waals surface area contributed by atoms with Gasteiger partial charge in [-0.25, -0.2) is 9.87 Å². The van der Waals surface area contributed by atoms with Gasteiger partial charge in [-0.1, -0.05) is 48.9 Å². The number of hydrogen-bond acceptors (Lipinski definition) is 4. The van der Waals surface area contributed by atoms with E-state index < -0.39 is 11.7 Å². The summed E-state index contributed by atoms with van der Waals surface area (Å²) < 4.78 is 14.4. The lowest BCUT2D eigenvalue weighted by atomic mass is 10.0. The molecular formula is C27H30FN3O4. The topological polar surface area (TPSA) is 108 Å². The van der Waals surface area contributed by atoms with E-state index in [2.05, 4.69) is 10.6 Å². The fourth-order valence-corrected chi connectivity index (χ4v) is 3.39. The third-order valence-electron chi connectivity index (χ3n) is 5.50. The van der Waals surface area contributed by atoms with E-state index in [0.29, 0.717) is 13.0 Å². The van der Waals surface area contributed by atoms with Crippen LogP contribution >= 0.6 is 0 Å². The molecule has 1 fully saturated rings. The van der Waals surface area contributed by atoms with Crippen LogP contribution in [0.3, 0.4) is 0 Å². The molecule has 184 valence electrons. The Morgan fingerprint density at radius 3 is 2.37 bits per heavy atom. The molecule has 0 aromatic heterocycles. The van der Waals surface area contributed by atoms with Crippen molar-refractivity contribution in [3.63, 3.8) is 0 Å². The van der Waals surface area contributed by atoms with E-state index in [4.69, 9.17) is 5.21 Å². The van der Waals surface area contributed by atoms with Crippen molar-refractivity contribution in [3.8, 4) is 0 Å². The molecule has 2 aromatic carbocycles. The van der Waals surface area contributed by atoms with Gasteiger partial charge < -0.3 is 10.6 Å². The number of unbranched alkanes of at least 4 members (excludes halogenated alkanes) is 2. The fourth-order valence-electron chi connectivity index (χ4n) is 3.39. The molecule has 0 aliphatic heterocycles. The highest BCUT2D eigenvalue weighted by atomic mass is 19.1. The average Bonchev–Trinajstić information content (AvgIpc) is 3.68. The van der Waals surface area contributed by atoms with Gasteiger partial charge in [0.2, 0.25) is 11.8 Å². The molecule has 0 bridgehead atoms. The van der Waals surface area contributed by atoms with Crippen molar-refractivity contribution in [2.75, 3.05) is 6.54 Å². The monoisotopic (exact) mass is 479 g/mol. The van der Waals surface area contributed by atoms with Crippen molar-refractivity contribution in [1.29, 1.82) is 0 Å². The average molecular weight is 480 g/mol. The predicted molar refractivity (Wildman–Crippen MR) is 132 cm³/mol. The Morgan fingerprint density at radius 1 is 0.971 bits per heavy atom. The summed E-state index contributed by atoms with van der Waals surface area (Å²) in [7, 11) is 0. The van der Waals surface area contributed by atoms with Crippen LogP contribution in [0.25, 0.3) is 17.7 Å². The molecule has 0 unspecified atom stereocenters. The summed E-state index contributed by atoms with van der Waals surface area (Å²) in [6.07, 6.45) is 9.06. The molecule has 0 radical (unpaired) electrons. The van der Waals surface area contributed by atoms with Crippen LogP contribution in [-0.4, -0.2) is 35.5 Å². The Labute approximate surface area is 204 Å². The van der Waals surface area contributed by atoms with E-state index in [9.17, 15) is 18.8 Å². The lowest BCUT2D eigenvalue weighted by Gasteiger charge is -2.10. The number of benzene rings is 2. The molecule has 0 saturated heterocycles. The highest BCUT2D eigenvalue weighted by Crippen LogP contribution is 2.25. The molecule has 1 saturated carbocycles. The van der Waals surface area contributed by atoms with E-state index in [1.165, 1.54) is 12.1 Å². The molecule has 8 heteroatoms. The second-order valence-electron chi connectivity index (χ2n) is 8.42. The molecular weight excluding hydrogens is 449 g/mol. The van der Waals surface area contributed by atoms with Crippen LogP contribution in [0, 0.1) is 5.82 Å². The van der Waals surface area contributed by atoms with Crippen LogP contribution in [0.5, 0.6) is 0 Å². The number of carbonyl (C=O) groups is 3. The van der Waals surface area contributed by atoms with E-state index in [1.54, 1.807) is 35.8 Å². The van der Waals surface area contributed by atoms with Gasteiger partial charge in [-0.05, 0) is 55.0 Å². The molecule has 35 heavy (non-hydrogen) atoms. The minimum atomic E-state index is -0.453. The number of rotatable bonds is 12. The fraction of sp³-hybridized carbons (Fsp3) is 0.296. The van der Waals surface area contributed by atoms with Crippen molar-refractivity contribution in [1.82, 2.24) is 16.1 Å². The molecule has 1 aliphatic carbocycles. The van der Waals surface area contributed by atoms with Gasteiger partial charge in [-0.2, -0.15) is 0 Å². The maximum Gasteiger partial charge on any atom is 0.252 e. The SMILES string of the molecule is O=C(C=Cc1ccc(/C=C(/C(=O)NC2CC2)c2ccccc2F)cc1)NCCCCCC(=O)NO. The highest BCUT2D eigenvalue weighted by molar-refractivity contribution is 6.24. The zero-order chi connectivity index (χ0) is 25.0. The second kappa shape index (κ2) is 13.2. The van der Waals surface area contributed by atoms with Crippen molar-refractivity contribution in [3.05, 3.63) is 77.1 Å². The molecule has 4 N–H and O–H groups in total. The van der Waals surface area contributed by atoms with Crippen LogP contribution in [0.4, 0.5) is 4.39 Å². The zero-order valence-corrected chi connectivity index (χ0v) is 19.4. The Balaban J connectivity index is 1.56. The van der Waals surface area contributed by atoms with Crippen LogP contribution in [0.2, 0.25) is 0 Å². The summed E-state index contributed by atoms with van der Waals surface area (Å²) >= 11 is 0. The van der Waals surface area contributed by atoms with E-state index in [0.717, 1.165) is 36.8 Å². The standard InChI is InChI=1S/C27H30FN3O4/c28-24-7-4-3-6-22(24)23(27(34)30-21-14-15-21)18-20-11-9-19(10-12-20)13-16-25(32)29-17-5-1-2-8-26(33)31-35/h3-4,6-7,9-13,16,18,21,35H,1-2,5,8,14-15,17H2,(H,29,32)(H,30,34)(H,31,33)/b16-13?,23-18+. The first-order valence-corrected chi connectivity index (χ1v) is 11.7. The van der Waals surface area contributed by atoms with Crippen LogP contribution in [0.15, 0.2) is 54.6 Å². The van der Waals surface area contributed by atoms with Gasteiger partial charge >= 0.3 is 0 Å². The van der Waals surface area contributed by atoms with Gasteiger partial charge in [-0.15, -0.1) is 0 Å². The molecule has 7 nitrogen and oxygen atoms in total. The van der Waals surface area contributed by atoms with Gasteiger partial charge in [0.25, 0.3) is 5.91 Å². The number of hydroxylamine groups is 1. The molecule has 0 heterocycles. The first-order valence-electron chi connectivity index (χ1n) is 11.7. The van der Waals surface area contributed by atoms with E-state index in [1.807, 2.05) is 24.3 Å². The molecule has 1 aliphatic rings. The van der Waals surface area contributed by atoms with Crippen molar-refractivity contribution in [2.24, 2.45) is 0 Å². The summed E-state index contributed by atoms with van der Waals surface area (Å²) in [5.74, 6) is -1.38. The predicted octanol–water partition coefficient (Wildman–Crippen LogP) is 3.84. The lowest BCUT2D eigenvalue weighted by molar-refractivity contribution is -0.129. The third kappa shape index (κ3) is 8.83. The van der Waals surface area contributed by atoms with Crippen molar-refractivity contribution in [2.45, 2.75) is 44.6 Å². The normalized spacial score (nSPS) is 13.5. The molecule has 3 rings (SSSR count). The first-order chi connectivity index (χ1) is 17.0. The minimum absolute atomic E-state index is 0.157. The number of halogens is 1. The van der Waals surface area contributed by atoms with Gasteiger partial charge in [0.15, 0.2) is 0 Å². The maximum atomic E-state index is 14.4. The van der Waals surface area contributed by atoms with Gasteiger partial charge in [0.05, 0.1) is 5.57 Å². The third-order valence-corrected chi connectivity index (χ3v) is 5.50. The Kier molecular flexibility index (Phi) is 9.74. The molecule has 0 atom stereocenters. The lowest BCUT2D eigenvalue weighted by Crippen LogP contribution is -2.26. The maximum absolute atomic E-state index is 14.4. The highest BCUT2D eigenvalue weighted by Gasteiger charge is 2.26. The molecule has 2 aromatic rings. The largest absolute Gasteiger partial charge is 0.353 e. The van der Waals surface area contributed by atoms with E-state index in [-0.39, 0.29) is 35.4 Å². The number of carbonyl (C=O) groups excluding carboxylic acids is 3. The van der Waals surface area contributed by atoms with Crippen LogP contribution in [-0.2, 0) is 14.4 Å². The van der Waals surface area contributed by atoms with Gasteiger partial charge in [0, 0.05) is 30.6 Å². The Bertz CT molecular complexity index is 1090. The smallest absolute Gasteiger partial charge is 0.252 e. The minimum Gasteiger partial charge on any atom is -0.353 e. The first kappa shape index (κ1) is 25.8. The summed E-state index contributed by atoms with van der Waals surface area (Å²) in [5, 5.41) is 14.1. The van der Waals surface area contributed by atoms with Crippen molar-refractivity contribution < 1.29 is 24.0 Å². The molecule has 0 spiro atoms. The van der Waals surface area contributed by atoms with Crippen LogP contribution in [0.1, 0.15) is 55.2 Å². The number of nitrogens with one attached hydrogen (secondary N) is 3. The van der Waals surface area contributed by atoms with Crippen LogP contribution < -0.4 is 16.1 Å². The summed E-state index contributed by atoms with van der Waals surface area (Å²) in [5.41, 5.74) is 3.66.